The molecule has 1 fully saturated rings. The van der Waals surface area contributed by atoms with Crippen LogP contribution in [0.3, 0.4) is 0 Å². The highest BCUT2D eigenvalue weighted by atomic mass is 19.4. The molecule has 29 heavy (non-hydrogen) atoms. The fourth-order valence-corrected chi connectivity index (χ4v) is 3.44. The Hall–Kier alpha value is -2.55. The molecule has 0 spiro atoms. The van der Waals surface area contributed by atoms with Crippen molar-refractivity contribution >= 4 is 16.9 Å². The molecule has 0 unspecified atom stereocenters. The number of carbonyl (C=O) groups excluding carboxylic acids is 1. The van der Waals surface area contributed by atoms with Gasteiger partial charge in [0.1, 0.15) is 11.3 Å². The number of hydrogen-bond donors (Lipinski definition) is 0. The standard InChI is InChI=1S/C20H22F3NO5/c1-11-8-15(18-12(2)13(3)19(26)28-16(18)9-11)27-10-17(25)24-6-4-14(5-7-24)29-20(21,22)23/h8-9,14H,4-7,10H2,1-3H3. The number of hydrogen-bond acceptors (Lipinski definition) is 5. The smallest absolute Gasteiger partial charge is 0.483 e. The first-order valence-corrected chi connectivity index (χ1v) is 9.25. The molecule has 2 heterocycles. The third-order valence-electron chi connectivity index (χ3n) is 5.10. The maximum absolute atomic E-state index is 12.5. The van der Waals surface area contributed by atoms with E-state index in [1.165, 1.54) is 4.90 Å². The molecule has 1 aliphatic heterocycles. The van der Waals surface area contributed by atoms with E-state index < -0.39 is 18.1 Å². The number of nitrogens with zero attached hydrogens (tertiary/aromatic N) is 1. The van der Waals surface area contributed by atoms with Gasteiger partial charge in [-0.15, -0.1) is 13.2 Å². The second-order valence-electron chi connectivity index (χ2n) is 7.21. The topological polar surface area (TPSA) is 69.0 Å². The van der Waals surface area contributed by atoms with Crippen LogP contribution in [0.2, 0.25) is 0 Å². The van der Waals surface area contributed by atoms with Gasteiger partial charge in [0.2, 0.25) is 0 Å². The predicted octanol–water partition coefficient (Wildman–Crippen LogP) is 3.62. The Morgan fingerprint density at radius 1 is 1.17 bits per heavy atom. The van der Waals surface area contributed by atoms with Gasteiger partial charge in [-0.1, -0.05) is 0 Å². The molecule has 0 radical (unpaired) electrons. The fraction of sp³-hybridized carbons (Fsp3) is 0.500. The predicted molar refractivity (Wildman–Crippen MR) is 98.9 cm³/mol. The van der Waals surface area contributed by atoms with E-state index in [0.717, 1.165) is 5.56 Å². The fourth-order valence-electron chi connectivity index (χ4n) is 3.44. The molecule has 1 saturated heterocycles. The number of amides is 1. The summed E-state index contributed by atoms with van der Waals surface area (Å²) in [6.07, 6.45) is -5.38. The largest absolute Gasteiger partial charge is 0.522 e. The molecule has 0 N–H and O–H groups in total. The van der Waals surface area contributed by atoms with Crippen molar-refractivity contribution in [3.05, 3.63) is 39.2 Å². The number of carbonyl (C=O) groups is 1. The number of likely N-dealkylation sites (tertiary alicyclic amines) is 1. The normalized spacial score (nSPS) is 15.7. The van der Waals surface area contributed by atoms with Gasteiger partial charge in [-0.2, -0.15) is 0 Å². The molecular formula is C20H22F3NO5. The summed E-state index contributed by atoms with van der Waals surface area (Å²) in [6, 6.07) is 3.48. The number of alkyl halides is 3. The second-order valence-corrected chi connectivity index (χ2v) is 7.21. The Labute approximate surface area is 165 Å². The molecule has 158 valence electrons. The van der Waals surface area contributed by atoms with E-state index >= 15 is 0 Å². The summed E-state index contributed by atoms with van der Waals surface area (Å²) in [5.74, 6) is 0.102. The first-order chi connectivity index (χ1) is 13.5. The van der Waals surface area contributed by atoms with E-state index in [-0.39, 0.29) is 38.4 Å². The Morgan fingerprint density at radius 2 is 1.83 bits per heavy atom. The monoisotopic (exact) mass is 413 g/mol. The molecule has 1 aromatic carbocycles. The van der Waals surface area contributed by atoms with Crippen LogP contribution in [-0.2, 0) is 9.53 Å². The van der Waals surface area contributed by atoms with Crippen molar-refractivity contribution in [2.24, 2.45) is 0 Å². The van der Waals surface area contributed by atoms with Gasteiger partial charge in [-0.25, -0.2) is 4.79 Å². The highest BCUT2D eigenvalue weighted by Gasteiger charge is 2.35. The number of rotatable bonds is 4. The first kappa shape index (κ1) is 21.2. The molecular weight excluding hydrogens is 391 g/mol. The minimum atomic E-state index is -4.67. The van der Waals surface area contributed by atoms with E-state index in [2.05, 4.69) is 4.74 Å². The Bertz CT molecular complexity index is 975. The van der Waals surface area contributed by atoms with Gasteiger partial charge in [-0.3, -0.25) is 9.53 Å². The van der Waals surface area contributed by atoms with Crippen LogP contribution in [0.5, 0.6) is 5.75 Å². The molecule has 3 rings (SSSR count). The molecule has 1 aliphatic rings. The summed E-state index contributed by atoms with van der Waals surface area (Å²) >= 11 is 0. The molecule has 9 heteroatoms. The van der Waals surface area contributed by atoms with Gasteiger partial charge < -0.3 is 14.1 Å². The third-order valence-corrected chi connectivity index (χ3v) is 5.10. The highest BCUT2D eigenvalue weighted by Crippen LogP contribution is 2.31. The second kappa shape index (κ2) is 8.06. The average Bonchev–Trinajstić information content (AvgIpc) is 2.63. The lowest BCUT2D eigenvalue weighted by Crippen LogP contribution is -2.44. The summed E-state index contributed by atoms with van der Waals surface area (Å²) in [7, 11) is 0. The molecule has 0 aliphatic carbocycles. The van der Waals surface area contributed by atoms with Crippen LogP contribution >= 0.6 is 0 Å². The zero-order chi connectivity index (χ0) is 21.3. The Balaban J connectivity index is 1.69. The number of piperidine rings is 1. The minimum Gasteiger partial charge on any atom is -0.483 e. The molecule has 0 saturated carbocycles. The van der Waals surface area contributed by atoms with Crippen molar-refractivity contribution in [2.75, 3.05) is 19.7 Å². The minimum absolute atomic E-state index is 0.113. The third kappa shape index (κ3) is 4.90. The zero-order valence-electron chi connectivity index (χ0n) is 16.4. The quantitative estimate of drug-likeness (QED) is 0.716. The molecule has 0 atom stereocenters. The molecule has 6 nitrogen and oxygen atoms in total. The van der Waals surface area contributed by atoms with Crippen LogP contribution in [0, 0.1) is 20.8 Å². The van der Waals surface area contributed by atoms with Gasteiger partial charge in [-0.05, 0) is 56.9 Å². The number of fused-ring (bicyclic) bond motifs is 1. The average molecular weight is 413 g/mol. The van der Waals surface area contributed by atoms with Crippen LogP contribution < -0.4 is 10.4 Å². The Kier molecular flexibility index (Phi) is 5.88. The van der Waals surface area contributed by atoms with Crippen molar-refractivity contribution < 1.29 is 31.9 Å². The molecule has 1 amide bonds. The number of ether oxygens (including phenoxy) is 2. The van der Waals surface area contributed by atoms with Crippen LogP contribution in [0.4, 0.5) is 13.2 Å². The van der Waals surface area contributed by atoms with Crippen LogP contribution in [0.1, 0.15) is 29.5 Å². The van der Waals surface area contributed by atoms with E-state index in [0.29, 0.717) is 27.8 Å². The van der Waals surface area contributed by atoms with E-state index in [1.54, 1.807) is 26.0 Å². The number of benzene rings is 1. The lowest BCUT2D eigenvalue weighted by Gasteiger charge is -2.32. The lowest BCUT2D eigenvalue weighted by atomic mass is 10.0. The Morgan fingerprint density at radius 3 is 2.45 bits per heavy atom. The van der Waals surface area contributed by atoms with Gasteiger partial charge >= 0.3 is 12.0 Å². The molecule has 0 bridgehead atoms. The van der Waals surface area contributed by atoms with Gasteiger partial charge in [0.05, 0.1) is 11.5 Å². The maximum Gasteiger partial charge on any atom is 0.522 e. The van der Waals surface area contributed by atoms with E-state index in [1.807, 2.05) is 6.92 Å². The van der Waals surface area contributed by atoms with Gasteiger partial charge in [0.15, 0.2) is 6.61 Å². The maximum atomic E-state index is 12.5. The van der Waals surface area contributed by atoms with Crippen molar-refractivity contribution in [2.45, 2.75) is 46.1 Å². The molecule has 2 aromatic rings. The number of aryl methyl sites for hydroxylation is 2. The molecule has 1 aromatic heterocycles. The van der Waals surface area contributed by atoms with Crippen molar-refractivity contribution in [1.82, 2.24) is 4.90 Å². The zero-order valence-corrected chi connectivity index (χ0v) is 16.4. The van der Waals surface area contributed by atoms with Crippen LogP contribution in [-0.4, -0.2) is 43.0 Å². The number of halogens is 3. The summed E-state index contributed by atoms with van der Waals surface area (Å²) in [5.41, 5.74) is 1.93. The van der Waals surface area contributed by atoms with Crippen LogP contribution in [0.15, 0.2) is 21.3 Å². The lowest BCUT2D eigenvalue weighted by molar-refractivity contribution is -0.345. The van der Waals surface area contributed by atoms with E-state index in [9.17, 15) is 22.8 Å². The highest BCUT2D eigenvalue weighted by molar-refractivity contribution is 5.88. The van der Waals surface area contributed by atoms with Crippen molar-refractivity contribution in [3.8, 4) is 5.75 Å². The van der Waals surface area contributed by atoms with Crippen molar-refractivity contribution in [1.29, 1.82) is 0 Å². The van der Waals surface area contributed by atoms with Crippen LogP contribution in [0.25, 0.3) is 11.0 Å². The van der Waals surface area contributed by atoms with E-state index in [4.69, 9.17) is 9.15 Å². The van der Waals surface area contributed by atoms with Crippen molar-refractivity contribution in [3.63, 3.8) is 0 Å². The SMILES string of the molecule is Cc1cc(OCC(=O)N2CCC(OC(F)(F)F)CC2)c2c(C)c(C)c(=O)oc2c1. The summed E-state index contributed by atoms with van der Waals surface area (Å²) in [5, 5.41) is 0.623. The summed E-state index contributed by atoms with van der Waals surface area (Å²) < 4.78 is 52.0. The summed E-state index contributed by atoms with van der Waals surface area (Å²) in [4.78, 5) is 25.8. The van der Waals surface area contributed by atoms with Gasteiger partial charge in [0, 0.05) is 18.7 Å². The van der Waals surface area contributed by atoms with Gasteiger partial charge in [0.25, 0.3) is 5.91 Å². The summed E-state index contributed by atoms with van der Waals surface area (Å²) in [6.45, 7) is 5.33. The first-order valence-electron chi connectivity index (χ1n) is 9.25.